The third-order valence-corrected chi connectivity index (χ3v) is 3.60. The Labute approximate surface area is 133 Å². The van der Waals surface area contributed by atoms with Crippen LogP contribution < -0.4 is 16.0 Å². The quantitative estimate of drug-likeness (QED) is 0.830. The maximum absolute atomic E-state index is 13.3. The second kappa shape index (κ2) is 5.42. The van der Waals surface area contributed by atoms with Gasteiger partial charge >= 0.3 is 6.18 Å². The second-order valence-electron chi connectivity index (χ2n) is 4.96. The van der Waals surface area contributed by atoms with Crippen molar-refractivity contribution in [2.75, 3.05) is 0 Å². The summed E-state index contributed by atoms with van der Waals surface area (Å²) >= 11 is 0. The minimum atomic E-state index is -4.67. The first-order chi connectivity index (χ1) is 11.3. The molecule has 0 radical (unpaired) electrons. The van der Waals surface area contributed by atoms with E-state index in [0.717, 1.165) is 12.4 Å². The fraction of sp³-hybridized carbons (Fsp3) is 0.133. The highest BCUT2D eigenvalue weighted by Crippen LogP contribution is 2.43. The minimum absolute atomic E-state index is 0.194. The Kier molecular flexibility index (Phi) is 3.52. The van der Waals surface area contributed by atoms with Crippen LogP contribution >= 0.6 is 0 Å². The average Bonchev–Trinajstić information content (AvgIpc) is 2.53. The molecule has 0 fully saturated rings. The van der Waals surface area contributed by atoms with Gasteiger partial charge in [0.1, 0.15) is 11.6 Å². The van der Waals surface area contributed by atoms with Crippen molar-refractivity contribution in [1.29, 1.82) is 5.26 Å². The molecule has 3 N–H and O–H groups in total. The monoisotopic (exact) mass is 334 g/mol. The lowest BCUT2D eigenvalue weighted by molar-refractivity contribution is -0.138. The van der Waals surface area contributed by atoms with Gasteiger partial charge in [-0.05, 0) is 11.6 Å². The third-order valence-electron chi connectivity index (χ3n) is 3.60. The first kappa shape index (κ1) is 15.6. The van der Waals surface area contributed by atoms with E-state index in [0.29, 0.717) is 0 Å². The number of allylic oxidation sites excluding steroid dienone is 1. The molecule has 9 heteroatoms. The van der Waals surface area contributed by atoms with Crippen molar-refractivity contribution in [3.8, 4) is 11.9 Å². The van der Waals surface area contributed by atoms with Crippen LogP contribution in [-0.4, -0.2) is 9.97 Å². The van der Waals surface area contributed by atoms with E-state index in [1.807, 2.05) is 0 Å². The highest BCUT2D eigenvalue weighted by atomic mass is 19.4. The van der Waals surface area contributed by atoms with Crippen LogP contribution in [0.3, 0.4) is 0 Å². The van der Waals surface area contributed by atoms with Gasteiger partial charge < -0.3 is 15.5 Å². The smallest absolute Gasteiger partial charge is 0.416 e. The molecule has 1 aromatic carbocycles. The summed E-state index contributed by atoms with van der Waals surface area (Å²) in [6, 6.07) is 6.41. The Morgan fingerprint density at radius 2 is 2.04 bits per heavy atom. The van der Waals surface area contributed by atoms with Crippen LogP contribution in [0.4, 0.5) is 13.2 Å². The number of H-pyrrole nitrogens is 1. The minimum Gasteiger partial charge on any atom is -0.422 e. The van der Waals surface area contributed by atoms with E-state index >= 15 is 0 Å². The van der Waals surface area contributed by atoms with E-state index in [1.165, 1.54) is 18.2 Å². The predicted octanol–water partition coefficient (Wildman–Crippen LogP) is 2.01. The molecule has 0 saturated heterocycles. The van der Waals surface area contributed by atoms with E-state index in [-0.39, 0.29) is 28.5 Å². The molecule has 0 spiro atoms. The van der Waals surface area contributed by atoms with E-state index in [9.17, 15) is 23.2 Å². The molecule has 1 aromatic heterocycles. The number of ether oxygens (including phenoxy) is 1. The van der Waals surface area contributed by atoms with Gasteiger partial charge in [-0.15, -0.1) is 0 Å². The standard InChI is InChI=1S/C15H9F3N4O2/c16-15(17,18)9-4-2-1-3-7(9)10-8(5-19)12(20)24-14-11(10)13(23)21-6-22-14/h1-4,6,10H,20H2,(H,21,22,23)/t10-/m0/s1. The molecule has 0 bridgehead atoms. The summed E-state index contributed by atoms with van der Waals surface area (Å²) in [5.74, 6) is -1.93. The molecule has 0 unspecified atom stereocenters. The number of fused-ring (bicyclic) bond motifs is 1. The summed E-state index contributed by atoms with van der Waals surface area (Å²) in [6.45, 7) is 0. The summed E-state index contributed by atoms with van der Waals surface area (Å²) in [4.78, 5) is 18.2. The average molecular weight is 334 g/mol. The molecule has 24 heavy (non-hydrogen) atoms. The fourth-order valence-electron chi connectivity index (χ4n) is 2.61. The first-order valence-electron chi connectivity index (χ1n) is 6.66. The highest BCUT2D eigenvalue weighted by molar-refractivity contribution is 5.54. The molecular formula is C15H9F3N4O2. The number of nitrogens with zero attached hydrogens (tertiary/aromatic N) is 2. The number of halogens is 3. The number of benzene rings is 1. The summed E-state index contributed by atoms with van der Waals surface area (Å²) in [7, 11) is 0. The first-order valence-corrected chi connectivity index (χ1v) is 6.66. The predicted molar refractivity (Wildman–Crippen MR) is 75.6 cm³/mol. The number of nitrogens with two attached hydrogens (primary N) is 1. The molecule has 1 aliphatic rings. The van der Waals surface area contributed by atoms with E-state index in [4.69, 9.17) is 10.5 Å². The molecule has 2 aromatic rings. The van der Waals surface area contributed by atoms with Crippen molar-refractivity contribution in [3.63, 3.8) is 0 Å². The number of hydrogen-bond donors (Lipinski definition) is 2. The summed E-state index contributed by atoms with van der Waals surface area (Å²) in [6.07, 6.45) is -3.63. The second-order valence-corrected chi connectivity index (χ2v) is 4.96. The number of alkyl halides is 3. The highest BCUT2D eigenvalue weighted by Gasteiger charge is 2.40. The summed E-state index contributed by atoms with van der Waals surface area (Å²) < 4.78 is 45.2. The molecule has 3 rings (SSSR count). The Hall–Kier alpha value is -3.28. The van der Waals surface area contributed by atoms with Crippen molar-refractivity contribution in [1.82, 2.24) is 9.97 Å². The van der Waals surface area contributed by atoms with Gasteiger partial charge in [-0.3, -0.25) is 4.79 Å². The SMILES string of the molecule is N#CC1=C(N)Oc2nc[nH]c(=O)c2[C@H]1c1ccccc1C(F)(F)F. The van der Waals surface area contributed by atoms with E-state index in [1.54, 1.807) is 6.07 Å². The van der Waals surface area contributed by atoms with Gasteiger partial charge in [0.15, 0.2) is 0 Å². The van der Waals surface area contributed by atoms with Crippen LogP contribution in [0.25, 0.3) is 0 Å². The Bertz CT molecular complexity index is 941. The van der Waals surface area contributed by atoms with Gasteiger partial charge in [0.05, 0.1) is 23.4 Å². The third kappa shape index (κ3) is 2.38. The van der Waals surface area contributed by atoms with Gasteiger partial charge in [-0.25, -0.2) is 4.98 Å². The lowest BCUT2D eigenvalue weighted by Crippen LogP contribution is -2.29. The number of nitrogens with one attached hydrogen (secondary N) is 1. The van der Waals surface area contributed by atoms with Crippen molar-refractivity contribution in [2.45, 2.75) is 12.1 Å². The number of aromatic amines is 1. The largest absolute Gasteiger partial charge is 0.422 e. The van der Waals surface area contributed by atoms with Crippen LogP contribution in [-0.2, 0) is 6.18 Å². The van der Waals surface area contributed by atoms with Crippen LogP contribution in [0.15, 0.2) is 46.8 Å². The van der Waals surface area contributed by atoms with Crippen LogP contribution in [0, 0.1) is 11.3 Å². The normalized spacial score (nSPS) is 17.0. The molecule has 0 saturated carbocycles. The van der Waals surface area contributed by atoms with Gasteiger partial charge in [-0.1, -0.05) is 18.2 Å². The fourth-order valence-corrected chi connectivity index (χ4v) is 2.61. The molecule has 2 heterocycles. The van der Waals surface area contributed by atoms with Crippen molar-refractivity contribution < 1.29 is 17.9 Å². The van der Waals surface area contributed by atoms with Gasteiger partial charge in [0.25, 0.3) is 5.56 Å². The van der Waals surface area contributed by atoms with Crippen LogP contribution in [0.1, 0.15) is 22.6 Å². The van der Waals surface area contributed by atoms with Gasteiger partial charge in [0, 0.05) is 0 Å². The number of nitriles is 1. The number of aromatic nitrogens is 2. The molecule has 1 atom stereocenters. The van der Waals surface area contributed by atoms with Crippen molar-refractivity contribution >= 4 is 0 Å². The molecule has 1 aliphatic heterocycles. The van der Waals surface area contributed by atoms with E-state index < -0.39 is 23.2 Å². The van der Waals surface area contributed by atoms with Gasteiger partial charge in [0.2, 0.25) is 11.8 Å². The van der Waals surface area contributed by atoms with Crippen LogP contribution in [0.5, 0.6) is 5.88 Å². The molecule has 0 amide bonds. The Morgan fingerprint density at radius 1 is 1.33 bits per heavy atom. The molecule has 122 valence electrons. The Morgan fingerprint density at radius 3 is 2.71 bits per heavy atom. The lowest BCUT2D eigenvalue weighted by atomic mass is 9.82. The zero-order valence-corrected chi connectivity index (χ0v) is 11.9. The maximum atomic E-state index is 13.3. The topological polar surface area (TPSA) is 105 Å². The summed E-state index contributed by atoms with van der Waals surface area (Å²) in [5, 5.41) is 9.32. The Balaban J connectivity index is 2.36. The maximum Gasteiger partial charge on any atom is 0.416 e. The number of hydrogen-bond acceptors (Lipinski definition) is 5. The molecular weight excluding hydrogens is 325 g/mol. The van der Waals surface area contributed by atoms with Crippen molar-refractivity contribution in [2.24, 2.45) is 5.73 Å². The lowest BCUT2D eigenvalue weighted by Gasteiger charge is -2.26. The summed E-state index contributed by atoms with van der Waals surface area (Å²) in [5.41, 5.74) is 3.23. The zero-order valence-electron chi connectivity index (χ0n) is 11.9. The van der Waals surface area contributed by atoms with Crippen molar-refractivity contribution in [3.05, 3.63) is 69.1 Å². The van der Waals surface area contributed by atoms with E-state index in [2.05, 4.69) is 9.97 Å². The van der Waals surface area contributed by atoms with Gasteiger partial charge in [-0.2, -0.15) is 18.4 Å². The number of rotatable bonds is 1. The molecule has 0 aliphatic carbocycles. The van der Waals surface area contributed by atoms with Crippen LogP contribution in [0.2, 0.25) is 0 Å². The molecule has 6 nitrogen and oxygen atoms in total. The zero-order chi connectivity index (χ0) is 17.5.